The number of likely N-dealkylation sites (tertiary alicyclic amines) is 1. The predicted molar refractivity (Wildman–Crippen MR) is 38.7 cm³/mol. The molecule has 0 aromatic rings. The van der Waals surface area contributed by atoms with Gasteiger partial charge in [0.1, 0.15) is 0 Å². The third-order valence-corrected chi connectivity index (χ3v) is 2.29. The average Bonchev–Trinajstić information content (AvgIpc) is 2.73. The average molecular weight is 153 g/mol. The van der Waals surface area contributed by atoms with Crippen molar-refractivity contribution in [1.82, 2.24) is 4.90 Å². The van der Waals surface area contributed by atoms with Crippen molar-refractivity contribution in [2.24, 2.45) is 5.92 Å². The van der Waals surface area contributed by atoms with Crippen LogP contribution >= 0.6 is 0 Å². The standard InChI is InChI=1S/C8H11NO2/c10-7-3-4-8(11)9(7)5-6-1-2-6/h6H,1-5H2. The molecule has 0 radical (unpaired) electrons. The number of carbonyl (C=O) groups excluding carboxylic acids is 2. The summed E-state index contributed by atoms with van der Waals surface area (Å²) in [7, 11) is 0. The lowest BCUT2D eigenvalue weighted by Crippen LogP contribution is -2.30. The van der Waals surface area contributed by atoms with Crippen molar-refractivity contribution < 1.29 is 9.59 Å². The Kier molecular flexibility index (Phi) is 1.44. The van der Waals surface area contributed by atoms with Crippen LogP contribution in [0, 0.1) is 5.92 Å². The van der Waals surface area contributed by atoms with E-state index in [0.717, 1.165) is 0 Å². The van der Waals surface area contributed by atoms with E-state index in [2.05, 4.69) is 0 Å². The number of nitrogens with zero attached hydrogens (tertiary/aromatic N) is 1. The van der Waals surface area contributed by atoms with Gasteiger partial charge in [-0.05, 0) is 18.8 Å². The van der Waals surface area contributed by atoms with Gasteiger partial charge in [-0.15, -0.1) is 0 Å². The molecule has 0 spiro atoms. The SMILES string of the molecule is O=C1CCC(=O)N1CC1CC1. The van der Waals surface area contributed by atoms with Crippen molar-refractivity contribution in [3.05, 3.63) is 0 Å². The summed E-state index contributed by atoms with van der Waals surface area (Å²) in [5, 5.41) is 0. The summed E-state index contributed by atoms with van der Waals surface area (Å²) in [5.41, 5.74) is 0. The molecule has 2 aliphatic rings. The Morgan fingerprint density at radius 3 is 2.18 bits per heavy atom. The highest BCUT2D eigenvalue weighted by Gasteiger charge is 2.33. The maximum Gasteiger partial charge on any atom is 0.229 e. The molecule has 1 saturated carbocycles. The monoisotopic (exact) mass is 153 g/mol. The third kappa shape index (κ3) is 1.27. The van der Waals surface area contributed by atoms with E-state index in [1.54, 1.807) is 0 Å². The second-order valence-corrected chi connectivity index (χ2v) is 3.34. The lowest BCUT2D eigenvalue weighted by Gasteiger charge is -2.11. The van der Waals surface area contributed by atoms with Crippen LogP contribution in [0.5, 0.6) is 0 Å². The molecule has 0 N–H and O–H groups in total. The normalized spacial score (nSPS) is 24.9. The summed E-state index contributed by atoms with van der Waals surface area (Å²) in [6.07, 6.45) is 3.26. The van der Waals surface area contributed by atoms with E-state index in [4.69, 9.17) is 0 Å². The van der Waals surface area contributed by atoms with Gasteiger partial charge in [0.25, 0.3) is 0 Å². The van der Waals surface area contributed by atoms with Gasteiger partial charge in [-0.25, -0.2) is 0 Å². The van der Waals surface area contributed by atoms with Gasteiger partial charge in [0.05, 0.1) is 0 Å². The van der Waals surface area contributed by atoms with Crippen LogP contribution in [-0.2, 0) is 9.59 Å². The maximum absolute atomic E-state index is 11.1. The third-order valence-electron chi connectivity index (χ3n) is 2.29. The van der Waals surface area contributed by atoms with E-state index in [1.165, 1.54) is 17.7 Å². The molecule has 2 rings (SSSR count). The quantitative estimate of drug-likeness (QED) is 0.543. The first-order valence-corrected chi connectivity index (χ1v) is 4.10. The molecule has 1 aliphatic heterocycles. The predicted octanol–water partition coefficient (Wildman–Crippen LogP) is 0.545. The molecular formula is C8H11NO2. The number of imide groups is 1. The van der Waals surface area contributed by atoms with Crippen LogP contribution in [0.3, 0.4) is 0 Å². The van der Waals surface area contributed by atoms with Crippen LogP contribution in [0.25, 0.3) is 0 Å². The Morgan fingerprint density at radius 2 is 1.73 bits per heavy atom. The van der Waals surface area contributed by atoms with E-state index in [9.17, 15) is 9.59 Å². The molecule has 2 fully saturated rings. The Morgan fingerprint density at radius 1 is 1.18 bits per heavy atom. The van der Waals surface area contributed by atoms with Crippen LogP contribution in [0.2, 0.25) is 0 Å². The van der Waals surface area contributed by atoms with Crippen molar-refractivity contribution in [1.29, 1.82) is 0 Å². The van der Waals surface area contributed by atoms with E-state index in [0.29, 0.717) is 25.3 Å². The van der Waals surface area contributed by atoms with Gasteiger partial charge in [0.15, 0.2) is 0 Å². The summed E-state index contributed by atoms with van der Waals surface area (Å²) in [5.74, 6) is 0.685. The Labute approximate surface area is 65.4 Å². The molecule has 1 saturated heterocycles. The highest BCUT2D eigenvalue weighted by molar-refractivity contribution is 6.01. The molecule has 0 aromatic heterocycles. The lowest BCUT2D eigenvalue weighted by atomic mass is 10.4. The molecule has 0 aromatic carbocycles. The van der Waals surface area contributed by atoms with E-state index in [1.807, 2.05) is 0 Å². The first-order chi connectivity index (χ1) is 5.27. The topological polar surface area (TPSA) is 37.4 Å². The van der Waals surface area contributed by atoms with E-state index >= 15 is 0 Å². The lowest BCUT2D eigenvalue weighted by molar-refractivity contribution is -0.138. The zero-order valence-electron chi connectivity index (χ0n) is 6.38. The summed E-state index contributed by atoms with van der Waals surface area (Å²) in [6.45, 7) is 0.692. The molecule has 0 unspecified atom stereocenters. The molecule has 0 bridgehead atoms. The second-order valence-electron chi connectivity index (χ2n) is 3.34. The minimum Gasteiger partial charge on any atom is -0.282 e. The van der Waals surface area contributed by atoms with Crippen molar-refractivity contribution in [2.45, 2.75) is 25.7 Å². The Bertz CT molecular complexity index is 192. The van der Waals surface area contributed by atoms with Gasteiger partial charge in [-0.1, -0.05) is 0 Å². The molecule has 2 amide bonds. The maximum atomic E-state index is 11.1. The first kappa shape index (κ1) is 6.83. The highest BCUT2D eigenvalue weighted by Crippen LogP contribution is 2.31. The summed E-state index contributed by atoms with van der Waals surface area (Å²) in [4.78, 5) is 23.5. The fourth-order valence-electron chi connectivity index (χ4n) is 1.39. The fraction of sp³-hybridized carbons (Fsp3) is 0.750. The van der Waals surface area contributed by atoms with Gasteiger partial charge in [-0.3, -0.25) is 14.5 Å². The molecule has 3 heteroatoms. The molecule has 0 atom stereocenters. The molecule has 60 valence electrons. The zero-order chi connectivity index (χ0) is 7.84. The van der Waals surface area contributed by atoms with Gasteiger partial charge < -0.3 is 0 Å². The Hall–Kier alpha value is -0.860. The van der Waals surface area contributed by atoms with Crippen LogP contribution in [0.15, 0.2) is 0 Å². The van der Waals surface area contributed by atoms with Gasteiger partial charge in [-0.2, -0.15) is 0 Å². The molecule has 1 aliphatic carbocycles. The van der Waals surface area contributed by atoms with E-state index < -0.39 is 0 Å². The van der Waals surface area contributed by atoms with Gasteiger partial charge in [0, 0.05) is 19.4 Å². The number of amides is 2. The molecule has 1 heterocycles. The van der Waals surface area contributed by atoms with Crippen LogP contribution in [0.1, 0.15) is 25.7 Å². The Balaban J connectivity index is 1.97. The second kappa shape index (κ2) is 2.32. The molecule has 11 heavy (non-hydrogen) atoms. The number of hydrogen-bond donors (Lipinski definition) is 0. The number of rotatable bonds is 2. The first-order valence-electron chi connectivity index (χ1n) is 4.10. The number of carbonyl (C=O) groups is 2. The molecule has 3 nitrogen and oxygen atoms in total. The van der Waals surface area contributed by atoms with Crippen molar-refractivity contribution in [3.8, 4) is 0 Å². The largest absolute Gasteiger partial charge is 0.282 e. The summed E-state index contributed by atoms with van der Waals surface area (Å²) in [6, 6.07) is 0. The van der Waals surface area contributed by atoms with E-state index in [-0.39, 0.29) is 11.8 Å². The minimum atomic E-state index is 0.0295. The molecular weight excluding hydrogens is 142 g/mol. The minimum absolute atomic E-state index is 0.0295. The van der Waals surface area contributed by atoms with Gasteiger partial charge in [0.2, 0.25) is 11.8 Å². The smallest absolute Gasteiger partial charge is 0.229 e. The van der Waals surface area contributed by atoms with Crippen LogP contribution in [-0.4, -0.2) is 23.3 Å². The summed E-state index contributed by atoms with van der Waals surface area (Å²) < 4.78 is 0. The van der Waals surface area contributed by atoms with Gasteiger partial charge >= 0.3 is 0 Å². The fourth-order valence-corrected chi connectivity index (χ4v) is 1.39. The summed E-state index contributed by atoms with van der Waals surface area (Å²) >= 11 is 0. The van der Waals surface area contributed by atoms with Crippen LogP contribution < -0.4 is 0 Å². The van der Waals surface area contributed by atoms with Crippen molar-refractivity contribution in [2.75, 3.05) is 6.54 Å². The van der Waals surface area contributed by atoms with Crippen LogP contribution in [0.4, 0.5) is 0 Å². The number of hydrogen-bond acceptors (Lipinski definition) is 2. The van der Waals surface area contributed by atoms with Crippen molar-refractivity contribution >= 4 is 11.8 Å². The highest BCUT2D eigenvalue weighted by atomic mass is 16.2. The zero-order valence-corrected chi connectivity index (χ0v) is 6.38. The van der Waals surface area contributed by atoms with Crippen molar-refractivity contribution in [3.63, 3.8) is 0 Å².